The van der Waals surface area contributed by atoms with E-state index in [0.29, 0.717) is 11.1 Å². The fourth-order valence-corrected chi connectivity index (χ4v) is 3.39. The number of halogens is 3. The first-order chi connectivity index (χ1) is 13.8. The average molecular weight is 446 g/mol. The van der Waals surface area contributed by atoms with E-state index >= 15 is 0 Å². The number of carboxylic acids is 1. The van der Waals surface area contributed by atoms with Gasteiger partial charge in [0.2, 0.25) is 0 Å². The molecule has 1 aliphatic heterocycles. The van der Waals surface area contributed by atoms with Gasteiger partial charge < -0.3 is 14.0 Å². The second-order valence-corrected chi connectivity index (χ2v) is 8.05. The number of carboxylic acid groups (broad SMARTS) is 1. The Labute approximate surface area is 170 Å². The quantitative estimate of drug-likeness (QED) is 0.225. The van der Waals surface area contributed by atoms with Crippen molar-refractivity contribution in [1.82, 2.24) is 0 Å². The van der Waals surface area contributed by atoms with Crippen LogP contribution < -0.4 is 4.18 Å². The van der Waals surface area contributed by atoms with E-state index in [4.69, 9.17) is 16.3 Å². The van der Waals surface area contributed by atoms with E-state index in [0.717, 1.165) is 0 Å². The molecule has 0 saturated carbocycles. The summed E-state index contributed by atoms with van der Waals surface area (Å²) in [5.41, 5.74) is -5.10. The van der Waals surface area contributed by atoms with Crippen molar-refractivity contribution in [3.63, 3.8) is 0 Å². The molecular weight excluding hydrogens is 429 g/mol. The Hall–Kier alpha value is -3.00. The normalized spacial score (nSPS) is 14.1. The Kier molecular flexibility index (Phi) is 6.51. The minimum atomic E-state index is -6.09. The number of esters is 1. The summed E-state index contributed by atoms with van der Waals surface area (Å²) in [4.78, 5) is 22.8. The Morgan fingerprint density at radius 1 is 1.37 bits per heavy atom. The number of ether oxygens (including phenoxy) is 1. The minimum Gasteiger partial charge on any atom is -0.481 e. The maximum absolute atomic E-state index is 12.9. The van der Waals surface area contributed by atoms with Gasteiger partial charge in [0.25, 0.3) is 0 Å². The first-order valence-corrected chi connectivity index (χ1v) is 9.91. The third-order valence-corrected chi connectivity index (χ3v) is 5.45. The molecule has 0 radical (unpaired) electrons. The van der Waals surface area contributed by atoms with Gasteiger partial charge >= 0.3 is 27.6 Å². The molecule has 30 heavy (non-hydrogen) atoms. The summed E-state index contributed by atoms with van der Waals surface area (Å²) in [6.45, 7) is 2.84. The molecule has 162 valence electrons. The second-order valence-electron chi connectivity index (χ2n) is 6.51. The van der Waals surface area contributed by atoms with Crippen molar-refractivity contribution in [2.45, 2.75) is 45.2 Å². The van der Waals surface area contributed by atoms with Gasteiger partial charge in [-0.2, -0.15) is 21.6 Å². The van der Waals surface area contributed by atoms with E-state index in [-0.39, 0.29) is 42.6 Å². The molecule has 1 aliphatic rings. The summed E-state index contributed by atoms with van der Waals surface area (Å²) in [5.74, 6) is -0.596. The first-order valence-electron chi connectivity index (χ1n) is 8.50. The van der Waals surface area contributed by atoms with Gasteiger partial charge in [0.1, 0.15) is 12.2 Å². The highest BCUT2D eigenvalue weighted by atomic mass is 32.2. The van der Waals surface area contributed by atoms with Crippen LogP contribution in [0.15, 0.2) is 11.6 Å². The van der Waals surface area contributed by atoms with Gasteiger partial charge in [-0.05, 0) is 32.3 Å². The number of allylic oxidation sites excluding steroid dienone is 2. The van der Waals surface area contributed by atoms with Crippen LogP contribution in [0.25, 0.3) is 0 Å². The first kappa shape index (κ1) is 23.3. The van der Waals surface area contributed by atoms with E-state index in [1.807, 2.05) is 0 Å². The predicted molar refractivity (Wildman–Crippen MR) is 98.2 cm³/mol. The maximum atomic E-state index is 12.9. The van der Waals surface area contributed by atoms with Crippen molar-refractivity contribution in [3.8, 4) is 18.1 Å². The molecular formula is C19H17F3O7S. The molecule has 2 rings (SSSR count). The van der Waals surface area contributed by atoms with Crippen LogP contribution in [0.1, 0.15) is 52.4 Å². The Balaban J connectivity index is 2.67. The van der Waals surface area contributed by atoms with Crippen molar-refractivity contribution in [2.24, 2.45) is 0 Å². The summed E-state index contributed by atoms with van der Waals surface area (Å²) in [5, 5.41) is 8.75. The van der Waals surface area contributed by atoms with Crippen LogP contribution in [0.3, 0.4) is 0 Å². The largest absolute Gasteiger partial charge is 0.534 e. The monoisotopic (exact) mass is 446 g/mol. The molecule has 1 heterocycles. The highest BCUT2D eigenvalue weighted by molar-refractivity contribution is 7.88. The molecule has 0 bridgehead atoms. The smallest absolute Gasteiger partial charge is 0.481 e. The number of carbonyl (C=O) groups is 2. The molecule has 11 heteroatoms. The van der Waals surface area contributed by atoms with Crippen LogP contribution in [-0.2, 0) is 32.7 Å². The van der Waals surface area contributed by atoms with Crippen LogP contribution in [0.5, 0.6) is 5.75 Å². The van der Waals surface area contributed by atoms with Gasteiger partial charge in [0.15, 0.2) is 5.75 Å². The van der Waals surface area contributed by atoms with Gasteiger partial charge in [-0.1, -0.05) is 17.6 Å². The van der Waals surface area contributed by atoms with E-state index in [1.165, 1.54) is 13.0 Å². The van der Waals surface area contributed by atoms with Crippen LogP contribution in [0.2, 0.25) is 0 Å². The summed E-state index contributed by atoms with van der Waals surface area (Å²) in [7, 11) is -6.09. The number of hydrogen-bond acceptors (Lipinski definition) is 6. The van der Waals surface area contributed by atoms with Crippen molar-refractivity contribution < 1.29 is 45.2 Å². The van der Waals surface area contributed by atoms with E-state index in [9.17, 15) is 31.2 Å². The van der Waals surface area contributed by atoms with Crippen molar-refractivity contribution in [1.29, 1.82) is 0 Å². The van der Waals surface area contributed by atoms with Crippen LogP contribution >= 0.6 is 0 Å². The SMILES string of the molecule is C#Cc1c(C)c2c(c(OS(=O)(=O)C(F)(F)F)c1CC=C(C)CCC(=O)O)C(=O)OC2. The molecule has 0 aliphatic carbocycles. The summed E-state index contributed by atoms with van der Waals surface area (Å²) < 4.78 is 71.3. The molecule has 0 amide bonds. The Bertz CT molecular complexity index is 1080. The van der Waals surface area contributed by atoms with Gasteiger partial charge in [-0.3, -0.25) is 4.79 Å². The van der Waals surface area contributed by atoms with Gasteiger partial charge in [-0.25, -0.2) is 4.79 Å². The number of rotatable bonds is 7. The second kappa shape index (κ2) is 8.39. The van der Waals surface area contributed by atoms with Crippen molar-refractivity contribution in [3.05, 3.63) is 39.5 Å². The van der Waals surface area contributed by atoms with E-state index in [1.54, 1.807) is 6.92 Å². The zero-order valence-electron chi connectivity index (χ0n) is 15.9. The number of alkyl halides is 3. The number of aliphatic carboxylic acids is 1. The molecule has 1 aromatic rings. The Morgan fingerprint density at radius 2 is 2.00 bits per heavy atom. The molecule has 1 aromatic carbocycles. The number of terminal acetylenes is 1. The lowest BCUT2D eigenvalue weighted by Gasteiger charge is -2.18. The summed E-state index contributed by atoms with van der Waals surface area (Å²) >= 11 is 0. The fourth-order valence-electron chi connectivity index (χ4n) is 2.89. The third kappa shape index (κ3) is 4.59. The molecule has 1 N–H and O–H groups in total. The zero-order chi connectivity index (χ0) is 22.9. The van der Waals surface area contributed by atoms with Crippen molar-refractivity contribution in [2.75, 3.05) is 0 Å². The average Bonchev–Trinajstić information content (AvgIpc) is 3.01. The minimum absolute atomic E-state index is 0.0710. The summed E-state index contributed by atoms with van der Waals surface area (Å²) in [6, 6.07) is 0. The molecule has 0 spiro atoms. The molecule has 0 saturated heterocycles. The zero-order valence-corrected chi connectivity index (χ0v) is 16.7. The van der Waals surface area contributed by atoms with Crippen LogP contribution in [-0.4, -0.2) is 31.0 Å². The molecule has 0 aromatic heterocycles. The lowest BCUT2D eigenvalue weighted by Crippen LogP contribution is -2.29. The standard InChI is InChI=1S/C19H17F3O7S/c1-4-12-11(3)14-9-28-18(25)16(14)17(29-30(26,27)19(20,21)22)13(12)7-5-10(2)6-8-15(23)24/h1,5H,6-9H2,2-3H3,(H,23,24). The number of cyclic esters (lactones) is 1. The maximum Gasteiger partial charge on any atom is 0.534 e. The number of benzene rings is 1. The highest BCUT2D eigenvalue weighted by Gasteiger charge is 2.50. The predicted octanol–water partition coefficient (Wildman–Crippen LogP) is 3.23. The number of fused-ring (bicyclic) bond motifs is 1. The topological polar surface area (TPSA) is 107 Å². The summed E-state index contributed by atoms with van der Waals surface area (Å²) in [6.07, 6.45) is 6.78. The number of carbonyl (C=O) groups excluding carboxylic acids is 1. The number of hydrogen-bond donors (Lipinski definition) is 1. The molecule has 0 fully saturated rings. The Morgan fingerprint density at radius 3 is 2.53 bits per heavy atom. The van der Waals surface area contributed by atoms with Crippen LogP contribution in [0.4, 0.5) is 13.2 Å². The highest BCUT2D eigenvalue weighted by Crippen LogP contribution is 2.41. The molecule has 0 unspecified atom stereocenters. The van der Waals surface area contributed by atoms with E-state index < -0.39 is 38.9 Å². The van der Waals surface area contributed by atoms with Gasteiger partial charge in [-0.15, -0.1) is 6.42 Å². The third-order valence-electron chi connectivity index (χ3n) is 4.49. The van der Waals surface area contributed by atoms with Gasteiger partial charge in [0, 0.05) is 23.1 Å². The fraction of sp³-hybridized carbons (Fsp3) is 0.368. The van der Waals surface area contributed by atoms with Crippen molar-refractivity contribution >= 4 is 22.1 Å². The lowest BCUT2D eigenvalue weighted by atomic mass is 9.90. The van der Waals surface area contributed by atoms with E-state index in [2.05, 4.69) is 10.1 Å². The lowest BCUT2D eigenvalue weighted by molar-refractivity contribution is -0.136. The van der Waals surface area contributed by atoms with Gasteiger partial charge in [0.05, 0.1) is 0 Å². The molecule has 0 atom stereocenters. The van der Waals surface area contributed by atoms with Crippen LogP contribution in [0, 0.1) is 19.3 Å². The molecule has 7 nitrogen and oxygen atoms in total.